The number of aliphatic hydroxyl groups excluding tert-OH is 1. The van der Waals surface area contributed by atoms with E-state index in [9.17, 15) is 14.3 Å². The number of thioether (sulfide) groups is 1. The molecule has 0 bridgehead atoms. The summed E-state index contributed by atoms with van der Waals surface area (Å²) >= 11 is 1.29. The van der Waals surface area contributed by atoms with Gasteiger partial charge in [0.05, 0.1) is 24.3 Å². The number of anilines is 1. The highest BCUT2D eigenvalue weighted by Crippen LogP contribution is 2.21. The molecule has 3 rings (SSSR count). The number of aromatic nitrogens is 2. The molecular formula is C19H18FN3O2S. The van der Waals surface area contributed by atoms with Gasteiger partial charge in [-0.1, -0.05) is 42.1 Å². The number of nitrogens with one attached hydrogen (secondary N) is 1. The first-order valence-corrected chi connectivity index (χ1v) is 9.01. The highest BCUT2D eigenvalue weighted by atomic mass is 32.2. The number of halogens is 1. The van der Waals surface area contributed by atoms with E-state index in [2.05, 4.69) is 10.3 Å². The maximum absolute atomic E-state index is 12.9. The fourth-order valence-corrected chi connectivity index (χ4v) is 3.23. The van der Waals surface area contributed by atoms with E-state index in [1.807, 2.05) is 34.9 Å². The lowest BCUT2D eigenvalue weighted by atomic mass is 10.2. The van der Waals surface area contributed by atoms with E-state index in [0.717, 1.165) is 5.56 Å². The van der Waals surface area contributed by atoms with Gasteiger partial charge in [0.15, 0.2) is 5.16 Å². The Balaban J connectivity index is 1.65. The number of hydrogen-bond donors (Lipinski definition) is 2. The summed E-state index contributed by atoms with van der Waals surface area (Å²) in [4.78, 5) is 16.4. The molecule has 1 amide bonds. The molecule has 7 heteroatoms. The molecule has 0 saturated carbocycles. The highest BCUT2D eigenvalue weighted by molar-refractivity contribution is 7.99. The molecule has 2 aromatic carbocycles. The number of amides is 1. The van der Waals surface area contributed by atoms with Crippen LogP contribution in [0.1, 0.15) is 11.3 Å². The minimum Gasteiger partial charge on any atom is -0.390 e. The number of hydrogen-bond acceptors (Lipinski definition) is 4. The summed E-state index contributed by atoms with van der Waals surface area (Å²) in [5.74, 6) is -0.396. The summed E-state index contributed by atoms with van der Waals surface area (Å²) in [5, 5.41) is 12.9. The predicted molar refractivity (Wildman–Crippen MR) is 99.4 cm³/mol. The van der Waals surface area contributed by atoms with Crippen LogP contribution in [0.25, 0.3) is 0 Å². The van der Waals surface area contributed by atoms with Crippen molar-refractivity contribution in [1.29, 1.82) is 0 Å². The van der Waals surface area contributed by atoms with Gasteiger partial charge in [0, 0.05) is 12.2 Å². The van der Waals surface area contributed by atoms with Crippen LogP contribution < -0.4 is 5.32 Å². The van der Waals surface area contributed by atoms with Crippen molar-refractivity contribution in [1.82, 2.24) is 9.55 Å². The van der Waals surface area contributed by atoms with Gasteiger partial charge >= 0.3 is 0 Å². The Labute approximate surface area is 154 Å². The number of aliphatic hydroxyl groups is 1. The second-order valence-electron chi connectivity index (χ2n) is 5.61. The van der Waals surface area contributed by atoms with Crippen LogP contribution in [-0.2, 0) is 17.9 Å². The zero-order chi connectivity index (χ0) is 18.4. The van der Waals surface area contributed by atoms with Gasteiger partial charge in [0.25, 0.3) is 0 Å². The first-order chi connectivity index (χ1) is 12.7. The molecule has 5 nitrogen and oxygen atoms in total. The summed E-state index contributed by atoms with van der Waals surface area (Å²) in [6.07, 6.45) is 1.61. The molecule has 0 saturated heterocycles. The van der Waals surface area contributed by atoms with Crippen LogP contribution in [0.5, 0.6) is 0 Å². The molecule has 0 aliphatic heterocycles. The lowest BCUT2D eigenvalue weighted by molar-refractivity contribution is -0.113. The first kappa shape index (κ1) is 18.2. The normalized spacial score (nSPS) is 10.7. The van der Waals surface area contributed by atoms with E-state index in [1.165, 1.54) is 36.0 Å². The van der Waals surface area contributed by atoms with Gasteiger partial charge in [-0.05, 0) is 29.8 Å². The minimum atomic E-state index is -0.350. The van der Waals surface area contributed by atoms with Crippen LogP contribution in [0, 0.1) is 5.82 Å². The molecule has 1 aromatic heterocycles. The van der Waals surface area contributed by atoms with Crippen molar-refractivity contribution in [3.63, 3.8) is 0 Å². The standard InChI is InChI=1S/C19H18FN3O2S/c20-15-6-8-16(9-7-15)22-18(25)13-26-19-21-10-17(12-24)23(19)11-14-4-2-1-3-5-14/h1-10,24H,11-13H2,(H,22,25). The van der Waals surface area contributed by atoms with Crippen molar-refractivity contribution in [3.8, 4) is 0 Å². The topological polar surface area (TPSA) is 67.1 Å². The Kier molecular flexibility index (Phi) is 6.04. The van der Waals surface area contributed by atoms with Crippen molar-refractivity contribution in [2.24, 2.45) is 0 Å². The molecule has 0 spiro atoms. The number of carbonyl (C=O) groups excluding carboxylic acids is 1. The molecule has 0 unspecified atom stereocenters. The third-order valence-electron chi connectivity index (χ3n) is 3.71. The van der Waals surface area contributed by atoms with Crippen LogP contribution >= 0.6 is 11.8 Å². The molecule has 0 radical (unpaired) electrons. The Hall–Kier alpha value is -2.64. The minimum absolute atomic E-state index is 0.123. The molecule has 0 aliphatic rings. The van der Waals surface area contributed by atoms with Crippen molar-refractivity contribution in [2.75, 3.05) is 11.1 Å². The number of benzene rings is 2. The largest absolute Gasteiger partial charge is 0.390 e. The summed E-state index contributed by atoms with van der Waals surface area (Å²) in [6.45, 7) is 0.445. The lowest BCUT2D eigenvalue weighted by Crippen LogP contribution is -2.15. The van der Waals surface area contributed by atoms with Crippen LogP contribution in [0.15, 0.2) is 66.0 Å². The third kappa shape index (κ3) is 4.71. The second-order valence-corrected chi connectivity index (χ2v) is 6.55. The highest BCUT2D eigenvalue weighted by Gasteiger charge is 2.13. The average Bonchev–Trinajstić information content (AvgIpc) is 3.04. The van der Waals surface area contributed by atoms with Gasteiger partial charge in [0.2, 0.25) is 5.91 Å². The van der Waals surface area contributed by atoms with E-state index in [4.69, 9.17) is 0 Å². The van der Waals surface area contributed by atoms with Crippen LogP contribution in [0.4, 0.5) is 10.1 Å². The van der Waals surface area contributed by atoms with Gasteiger partial charge in [0.1, 0.15) is 5.82 Å². The van der Waals surface area contributed by atoms with Gasteiger partial charge in [-0.25, -0.2) is 9.37 Å². The number of nitrogens with zero attached hydrogens (tertiary/aromatic N) is 2. The summed E-state index contributed by atoms with van der Waals surface area (Å²) < 4.78 is 14.8. The molecule has 26 heavy (non-hydrogen) atoms. The predicted octanol–water partition coefficient (Wildman–Crippen LogP) is 3.29. The van der Waals surface area contributed by atoms with E-state index >= 15 is 0 Å². The van der Waals surface area contributed by atoms with Gasteiger partial charge < -0.3 is 15.0 Å². The molecule has 2 N–H and O–H groups in total. The SMILES string of the molecule is O=C(CSc1ncc(CO)n1Cc1ccccc1)Nc1ccc(F)cc1. The van der Waals surface area contributed by atoms with E-state index in [1.54, 1.807) is 6.20 Å². The van der Waals surface area contributed by atoms with Crippen molar-refractivity contribution in [3.05, 3.63) is 77.9 Å². The van der Waals surface area contributed by atoms with E-state index < -0.39 is 0 Å². The Morgan fingerprint density at radius 3 is 2.58 bits per heavy atom. The fourth-order valence-electron chi connectivity index (χ4n) is 2.43. The maximum atomic E-state index is 12.9. The molecule has 0 aliphatic carbocycles. The molecule has 1 heterocycles. The lowest BCUT2D eigenvalue weighted by Gasteiger charge is -2.11. The number of rotatable bonds is 7. The molecule has 3 aromatic rings. The van der Waals surface area contributed by atoms with E-state index in [-0.39, 0.29) is 24.1 Å². The van der Waals surface area contributed by atoms with Crippen molar-refractivity contribution >= 4 is 23.4 Å². The summed E-state index contributed by atoms with van der Waals surface area (Å²) in [5.41, 5.74) is 2.31. The Bertz CT molecular complexity index is 866. The summed E-state index contributed by atoms with van der Waals surface area (Å²) in [7, 11) is 0. The van der Waals surface area contributed by atoms with Gasteiger partial charge in [-0.15, -0.1) is 0 Å². The zero-order valence-corrected chi connectivity index (χ0v) is 14.7. The van der Waals surface area contributed by atoms with Crippen molar-refractivity contribution in [2.45, 2.75) is 18.3 Å². The molecule has 0 fully saturated rings. The zero-order valence-electron chi connectivity index (χ0n) is 13.9. The third-order valence-corrected chi connectivity index (χ3v) is 4.70. The quantitative estimate of drug-likeness (QED) is 0.626. The molecule has 134 valence electrons. The first-order valence-electron chi connectivity index (χ1n) is 8.03. The van der Waals surface area contributed by atoms with Crippen LogP contribution in [-0.4, -0.2) is 26.3 Å². The molecule has 0 atom stereocenters. The van der Waals surface area contributed by atoms with Crippen LogP contribution in [0.3, 0.4) is 0 Å². The average molecular weight is 371 g/mol. The smallest absolute Gasteiger partial charge is 0.234 e. The second kappa shape index (κ2) is 8.64. The Morgan fingerprint density at radius 1 is 1.15 bits per heavy atom. The van der Waals surface area contributed by atoms with Gasteiger partial charge in [-0.2, -0.15) is 0 Å². The van der Waals surface area contributed by atoms with Crippen LogP contribution in [0.2, 0.25) is 0 Å². The number of imidazole rings is 1. The van der Waals surface area contributed by atoms with Crippen molar-refractivity contribution < 1.29 is 14.3 Å². The van der Waals surface area contributed by atoms with Gasteiger partial charge in [-0.3, -0.25) is 4.79 Å². The monoisotopic (exact) mass is 371 g/mol. The maximum Gasteiger partial charge on any atom is 0.234 e. The summed E-state index contributed by atoms with van der Waals surface area (Å²) in [6, 6.07) is 15.5. The Morgan fingerprint density at radius 2 is 1.88 bits per heavy atom. The van der Waals surface area contributed by atoms with E-state index in [0.29, 0.717) is 23.1 Å². The molecular weight excluding hydrogens is 353 g/mol. The fraction of sp³-hybridized carbons (Fsp3) is 0.158. The number of carbonyl (C=O) groups is 1.